The largest absolute Gasteiger partial charge is 0.335 e. The summed E-state index contributed by atoms with van der Waals surface area (Å²) >= 11 is 0. The zero-order valence-electron chi connectivity index (χ0n) is 15.4. The Kier molecular flexibility index (Phi) is 4.92. The van der Waals surface area contributed by atoms with Crippen LogP contribution in [0.5, 0.6) is 0 Å². The molecule has 2 N–H and O–H groups in total. The number of benzene rings is 2. The van der Waals surface area contributed by atoms with Gasteiger partial charge in [0.1, 0.15) is 0 Å². The van der Waals surface area contributed by atoms with E-state index in [0.717, 1.165) is 29.5 Å². The molecule has 2 amide bonds. The first-order valence-electron chi connectivity index (χ1n) is 9.36. The van der Waals surface area contributed by atoms with E-state index in [1.54, 1.807) is 4.68 Å². The number of rotatable bonds is 5. The highest BCUT2D eigenvalue weighted by Crippen LogP contribution is 2.36. The lowest BCUT2D eigenvalue weighted by Crippen LogP contribution is -2.49. The summed E-state index contributed by atoms with van der Waals surface area (Å²) < 4.78 is 1.79. The lowest BCUT2D eigenvalue weighted by Gasteiger charge is -2.37. The van der Waals surface area contributed by atoms with Crippen molar-refractivity contribution < 1.29 is 4.79 Å². The molecule has 0 aliphatic heterocycles. The Bertz CT molecular complexity index is 902. The van der Waals surface area contributed by atoms with Crippen LogP contribution in [0.2, 0.25) is 0 Å². The van der Waals surface area contributed by atoms with Gasteiger partial charge < -0.3 is 10.6 Å². The van der Waals surface area contributed by atoms with Crippen molar-refractivity contribution in [3.05, 3.63) is 78.1 Å². The summed E-state index contributed by atoms with van der Waals surface area (Å²) in [7, 11) is 1.91. The highest BCUT2D eigenvalue weighted by atomic mass is 16.2. The number of amides is 2. The van der Waals surface area contributed by atoms with Crippen LogP contribution >= 0.6 is 0 Å². The predicted octanol–water partition coefficient (Wildman–Crippen LogP) is 3.83. The zero-order valence-corrected chi connectivity index (χ0v) is 15.4. The Morgan fingerprint density at radius 1 is 1.07 bits per heavy atom. The van der Waals surface area contributed by atoms with Gasteiger partial charge >= 0.3 is 6.03 Å². The minimum Gasteiger partial charge on any atom is -0.335 e. The standard InChI is InChI=1S/C22H24N4O/c1-26-15-19(14-24-26)17-9-7-16(8-10-17)13-23-22(27)25-21-12-11-20(21)18-5-3-2-4-6-18/h2-10,14-15,20-21H,11-13H2,1H3,(H2,23,25,27)/t20-,21-/m1/s1. The summed E-state index contributed by atoms with van der Waals surface area (Å²) in [6, 6.07) is 18.7. The molecule has 3 aromatic rings. The Balaban J connectivity index is 1.28. The van der Waals surface area contributed by atoms with Crippen molar-refractivity contribution in [2.24, 2.45) is 7.05 Å². The third kappa shape index (κ3) is 4.03. The molecular weight excluding hydrogens is 336 g/mol. The smallest absolute Gasteiger partial charge is 0.315 e. The topological polar surface area (TPSA) is 59.0 Å². The van der Waals surface area contributed by atoms with Crippen LogP contribution in [-0.4, -0.2) is 21.9 Å². The molecule has 0 radical (unpaired) electrons. The zero-order chi connectivity index (χ0) is 18.6. The van der Waals surface area contributed by atoms with Gasteiger partial charge in [0.2, 0.25) is 0 Å². The van der Waals surface area contributed by atoms with Crippen LogP contribution in [-0.2, 0) is 13.6 Å². The minimum atomic E-state index is -0.100. The summed E-state index contributed by atoms with van der Waals surface area (Å²) in [6.45, 7) is 0.516. The SMILES string of the molecule is Cn1cc(-c2ccc(CNC(=O)N[C@@H]3CC[C@@H]3c3ccccc3)cc2)cn1. The Hall–Kier alpha value is -3.08. The molecule has 1 saturated carbocycles. The third-order valence-corrected chi connectivity index (χ3v) is 5.26. The molecular formula is C22H24N4O. The summed E-state index contributed by atoms with van der Waals surface area (Å²) in [4.78, 5) is 12.3. The maximum atomic E-state index is 12.3. The van der Waals surface area contributed by atoms with E-state index >= 15 is 0 Å². The molecule has 0 bridgehead atoms. The summed E-state index contributed by atoms with van der Waals surface area (Å²) in [5.41, 5.74) is 4.59. The summed E-state index contributed by atoms with van der Waals surface area (Å²) in [5, 5.41) is 10.3. The van der Waals surface area contributed by atoms with Crippen molar-refractivity contribution in [1.29, 1.82) is 0 Å². The van der Waals surface area contributed by atoms with Crippen LogP contribution in [0, 0.1) is 0 Å². The Morgan fingerprint density at radius 2 is 1.85 bits per heavy atom. The average molecular weight is 360 g/mol. The van der Waals surface area contributed by atoms with Gasteiger partial charge in [0.25, 0.3) is 0 Å². The number of carbonyl (C=O) groups excluding carboxylic acids is 1. The molecule has 1 fully saturated rings. The Morgan fingerprint density at radius 3 is 2.48 bits per heavy atom. The van der Waals surface area contributed by atoms with Crippen molar-refractivity contribution in [3.63, 3.8) is 0 Å². The highest BCUT2D eigenvalue weighted by molar-refractivity contribution is 5.74. The van der Waals surface area contributed by atoms with E-state index in [0.29, 0.717) is 12.5 Å². The molecule has 4 rings (SSSR count). The highest BCUT2D eigenvalue weighted by Gasteiger charge is 2.32. The van der Waals surface area contributed by atoms with Crippen LogP contribution in [0.15, 0.2) is 67.0 Å². The fourth-order valence-electron chi connectivity index (χ4n) is 3.56. The molecule has 2 aromatic carbocycles. The molecule has 27 heavy (non-hydrogen) atoms. The molecule has 1 aliphatic carbocycles. The van der Waals surface area contributed by atoms with Gasteiger partial charge in [0.05, 0.1) is 6.20 Å². The van der Waals surface area contributed by atoms with Crippen molar-refractivity contribution in [3.8, 4) is 11.1 Å². The quantitative estimate of drug-likeness (QED) is 0.726. The first kappa shape index (κ1) is 17.3. The normalized spacial score (nSPS) is 18.6. The van der Waals surface area contributed by atoms with Crippen molar-refractivity contribution >= 4 is 6.03 Å². The fraction of sp³-hybridized carbons (Fsp3) is 0.273. The van der Waals surface area contributed by atoms with Crippen LogP contribution in [0.25, 0.3) is 11.1 Å². The monoisotopic (exact) mass is 360 g/mol. The van der Waals surface area contributed by atoms with Crippen LogP contribution in [0.1, 0.15) is 29.9 Å². The first-order valence-corrected chi connectivity index (χ1v) is 9.36. The molecule has 0 spiro atoms. The summed E-state index contributed by atoms with van der Waals surface area (Å²) in [5.74, 6) is 0.427. The molecule has 2 atom stereocenters. The maximum Gasteiger partial charge on any atom is 0.315 e. The second-order valence-corrected chi connectivity index (χ2v) is 7.13. The number of nitrogens with one attached hydrogen (secondary N) is 2. The maximum absolute atomic E-state index is 12.3. The van der Waals surface area contributed by atoms with E-state index in [-0.39, 0.29) is 12.1 Å². The number of hydrogen-bond acceptors (Lipinski definition) is 2. The molecule has 5 nitrogen and oxygen atoms in total. The van der Waals surface area contributed by atoms with Crippen molar-refractivity contribution in [2.75, 3.05) is 0 Å². The van der Waals surface area contributed by atoms with Gasteiger partial charge in [0, 0.05) is 37.3 Å². The van der Waals surface area contributed by atoms with E-state index in [4.69, 9.17) is 0 Å². The predicted molar refractivity (Wildman–Crippen MR) is 106 cm³/mol. The fourth-order valence-corrected chi connectivity index (χ4v) is 3.56. The van der Waals surface area contributed by atoms with Gasteiger partial charge in [-0.15, -0.1) is 0 Å². The minimum absolute atomic E-state index is 0.100. The number of hydrogen-bond donors (Lipinski definition) is 2. The van der Waals surface area contributed by atoms with Crippen LogP contribution in [0.4, 0.5) is 4.79 Å². The Labute approximate surface area is 159 Å². The lowest BCUT2D eigenvalue weighted by molar-refractivity contribution is 0.220. The van der Waals surface area contributed by atoms with Crippen LogP contribution in [0.3, 0.4) is 0 Å². The van der Waals surface area contributed by atoms with E-state index in [2.05, 4.69) is 52.1 Å². The van der Waals surface area contributed by atoms with Gasteiger partial charge in [-0.05, 0) is 29.5 Å². The van der Waals surface area contributed by atoms with Crippen molar-refractivity contribution in [2.45, 2.75) is 31.3 Å². The van der Waals surface area contributed by atoms with Crippen LogP contribution < -0.4 is 10.6 Å². The van der Waals surface area contributed by atoms with Gasteiger partial charge in [0.15, 0.2) is 0 Å². The van der Waals surface area contributed by atoms with Gasteiger partial charge in [-0.3, -0.25) is 4.68 Å². The molecule has 0 saturated heterocycles. The number of aromatic nitrogens is 2. The van der Waals surface area contributed by atoms with Gasteiger partial charge in [-0.2, -0.15) is 5.10 Å². The van der Waals surface area contributed by atoms with E-state index < -0.39 is 0 Å². The molecule has 1 aliphatic rings. The van der Waals surface area contributed by atoms with Gasteiger partial charge in [-0.25, -0.2) is 4.79 Å². The number of carbonyl (C=O) groups is 1. The number of urea groups is 1. The van der Waals surface area contributed by atoms with Crippen molar-refractivity contribution in [1.82, 2.24) is 20.4 Å². The first-order chi connectivity index (χ1) is 13.2. The van der Waals surface area contributed by atoms with Gasteiger partial charge in [-0.1, -0.05) is 54.6 Å². The number of aryl methyl sites for hydroxylation is 1. The second-order valence-electron chi connectivity index (χ2n) is 7.13. The summed E-state index contributed by atoms with van der Waals surface area (Å²) in [6.07, 6.45) is 6.00. The lowest BCUT2D eigenvalue weighted by atomic mass is 9.75. The molecule has 138 valence electrons. The average Bonchev–Trinajstić information content (AvgIpc) is 3.11. The van der Waals surface area contributed by atoms with E-state index in [1.165, 1.54) is 5.56 Å². The molecule has 1 aromatic heterocycles. The number of nitrogens with zero attached hydrogens (tertiary/aromatic N) is 2. The van der Waals surface area contributed by atoms with E-state index in [9.17, 15) is 4.79 Å². The molecule has 1 heterocycles. The molecule has 5 heteroatoms. The molecule has 0 unspecified atom stereocenters. The van der Waals surface area contributed by atoms with E-state index in [1.807, 2.05) is 37.6 Å². The third-order valence-electron chi connectivity index (χ3n) is 5.26. The second kappa shape index (κ2) is 7.66.